The Labute approximate surface area is 131 Å². The molecule has 1 saturated heterocycles. The normalized spacial score (nSPS) is 18.3. The van der Waals surface area contributed by atoms with E-state index in [4.69, 9.17) is 0 Å². The number of piperidine rings is 1. The van der Waals surface area contributed by atoms with Crippen molar-refractivity contribution in [1.29, 1.82) is 0 Å². The average molecular weight is 297 g/mol. The molecule has 4 nitrogen and oxygen atoms in total. The van der Waals surface area contributed by atoms with Gasteiger partial charge in [-0.05, 0) is 57.5 Å². The van der Waals surface area contributed by atoms with E-state index in [0.717, 1.165) is 31.6 Å². The molecule has 0 spiro atoms. The van der Waals surface area contributed by atoms with E-state index >= 15 is 0 Å². The van der Waals surface area contributed by atoms with E-state index in [1.807, 2.05) is 25.1 Å². The lowest BCUT2D eigenvalue weighted by Gasteiger charge is -2.34. The zero-order valence-corrected chi connectivity index (χ0v) is 13.3. The number of hydrogen-bond acceptors (Lipinski definition) is 3. The molecule has 1 aromatic heterocycles. The van der Waals surface area contributed by atoms with Crippen LogP contribution in [-0.4, -0.2) is 34.8 Å². The fourth-order valence-corrected chi connectivity index (χ4v) is 3.33. The molecule has 0 bridgehead atoms. The molecule has 1 aliphatic heterocycles. The first kappa shape index (κ1) is 15.0. The molecule has 0 radical (unpaired) electrons. The van der Waals surface area contributed by atoms with E-state index in [-0.39, 0.29) is 11.6 Å². The summed E-state index contributed by atoms with van der Waals surface area (Å²) in [5, 5.41) is 4.53. The van der Waals surface area contributed by atoms with Gasteiger partial charge in [0, 0.05) is 6.07 Å². The maximum absolute atomic E-state index is 12.4. The van der Waals surface area contributed by atoms with Gasteiger partial charge in [-0.25, -0.2) is 4.68 Å². The number of hydrogen-bond donors (Lipinski definition) is 0. The van der Waals surface area contributed by atoms with E-state index in [1.54, 1.807) is 16.8 Å². The number of benzene rings is 1. The van der Waals surface area contributed by atoms with Crippen LogP contribution in [0.2, 0.25) is 0 Å². The minimum atomic E-state index is -0.0154. The largest absolute Gasteiger partial charge is 0.306 e. The lowest BCUT2D eigenvalue weighted by molar-refractivity contribution is 0.179. The van der Waals surface area contributed by atoms with Gasteiger partial charge in [0.15, 0.2) is 0 Å². The molecule has 3 rings (SSSR count). The predicted molar refractivity (Wildman–Crippen MR) is 88.0 cm³/mol. The Morgan fingerprint density at radius 1 is 1.09 bits per heavy atom. The Morgan fingerprint density at radius 3 is 2.45 bits per heavy atom. The molecule has 0 amide bonds. The quantitative estimate of drug-likeness (QED) is 0.873. The van der Waals surface area contributed by atoms with Crippen LogP contribution in [0.15, 0.2) is 47.3 Å². The van der Waals surface area contributed by atoms with Crippen molar-refractivity contribution < 1.29 is 0 Å². The summed E-state index contributed by atoms with van der Waals surface area (Å²) < 4.78 is 1.70. The van der Waals surface area contributed by atoms with Gasteiger partial charge < -0.3 is 4.90 Å². The van der Waals surface area contributed by atoms with Gasteiger partial charge >= 0.3 is 0 Å². The average Bonchev–Trinajstić information content (AvgIpc) is 2.54. The molecular formula is C18H23N3O. The summed E-state index contributed by atoms with van der Waals surface area (Å²) in [4.78, 5) is 14.7. The van der Waals surface area contributed by atoms with Gasteiger partial charge in [0.25, 0.3) is 5.56 Å². The molecule has 2 heterocycles. The molecule has 0 aliphatic carbocycles. The molecule has 2 aromatic rings. The fraction of sp³-hybridized carbons (Fsp3) is 0.444. The van der Waals surface area contributed by atoms with Crippen molar-refractivity contribution in [2.75, 3.05) is 20.1 Å². The van der Waals surface area contributed by atoms with Gasteiger partial charge in [-0.2, -0.15) is 5.10 Å². The first-order valence-electron chi connectivity index (χ1n) is 7.95. The van der Waals surface area contributed by atoms with Crippen molar-refractivity contribution in [3.05, 3.63) is 64.1 Å². The molecule has 1 aromatic carbocycles. The highest BCUT2D eigenvalue weighted by Crippen LogP contribution is 2.32. The summed E-state index contributed by atoms with van der Waals surface area (Å²) in [6, 6.07) is 13.8. The molecule has 22 heavy (non-hydrogen) atoms. The summed E-state index contributed by atoms with van der Waals surface area (Å²) in [5.41, 5.74) is 2.05. The topological polar surface area (TPSA) is 38.1 Å². The van der Waals surface area contributed by atoms with Crippen LogP contribution >= 0.6 is 0 Å². The summed E-state index contributed by atoms with van der Waals surface area (Å²) >= 11 is 0. The molecule has 4 heteroatoms. The SMILES string of the molecule is Cc1ccc(=O)n([C@@H](c2ccccc2)C2CCN(C)CC2)n1. The van der Waals surface area contributed by atoms with Gasteiger partial charge in [0.2, 0.25) is 0 Å². The van der Waals surface area contributed by atoms with Crippen LogP contribution in [0, 0.1) is 12.8 Å². The lowest BCUT2D eigenvalue weighted by atomic mass is 9.85. The highest BCUT2D eigenvalue weighted by atomic mass is 16.1. The van der Waals surface area contributed by atoms with Crippen LogP contribution in [0.25, 0.3) is 0 Å². The fourth-order valence-electron chi connectivity index (χ4n) is 3.33. The third-order valence-electron chi connectivity index (χ3n) is 4.57. The Balaban J connectivity index is 2.03. The van der Waals surface area contributed by atoms with Crippen molar-refractivity contribution >= 4 is 0 Å². The lowest BCUT2D eigenvalue weighted by Crippen LogP contribution is -2.38. The second-order valence-corrected chi connectivity index (χ2v) is 6.25. The van der Waals surface area contributed by atoms with Crippen LogP contribution in [0.1, 0.15) is 30.1 Å². The minimum Gasteiger partial charge on any atom is -0.306 e. The summed E-state index contributed by atoms with van der Waals surface area (Å²) in [7, 11) is 2.16. The highest BCUT2D eigenvalue weighted by molar-refractivity contribution is 5.21. The smallest absolute Gasteiger partial charge is 0.267 e. The Bertz CT molecular complexity index is 672. The van der Waals surface area contributed by atoms with Crippen LogP contribution in [0.4, 0.5) is 0 Å². The van der Waals surface area contributed by atoms with Crippen LogP contribution in [-0.2, 0) is 0 Å². The van der Waals surface area contributed by atoms with Crippen molar-refractivity contribution in [2.24, 2.45) is 5.92 Å². The van der Waals surface area contributed by atoms with Crippen LogP contribution in [0.5, 0.6) is 0 Å². The maximum Gasteiger partial charge on any atom is 0.267 e. The Morgan fingerprint density at radius 2 is 1.77 bits per heavy atom. The van der Waals surface area contributed by atoms with Crippen molar-refractivity contribution in [3.63, 3.8) is 0 Å². The zero-order chi connectivity index (χ0) is 15.5. The second kappa shape index (κ2) is 6.44. The third kappa shape index (κ3) is 3.12. The second-order valence-electron chi connectivity index (χ2n) is 6.25. The predicted octanol–water partition coefficient (Wildman–Crippen LogP) is 2.48. The molecule has 1 fully saturated rings. The molecular weight excluding hydrogens is 274 g/mol. The van der Waals surface area contributed by atoms with Gasteiger partial charge in [-0.1, -0.05) is 30.3 Å². The van der Waals surface area contributed by atoms with E-state index in [0.29, 0.717) is 5.92 Å². The summed E-state index contributed by atoms with van der Waals surface area (Å²) in [6.07, 6.45) is 2.19. The number of rotatable bonds is 3. The Hall–Kier alpha value is -1.94. The maximum atomic E-state index is 12.4. The molecule has 1 aliphatic rings. The van der Waals surface area contributed by atoms with Crippen molar-refractivity contribution in [2.45, 2.75) is 25.8 Å². The first-order valence-corrected chi connectivity index (χ1v) is 7.95. The molecule has 1 atom stereocenters. The number of aromatic nitrogens is 2. The number of likely N-dealkylation sites (tertiary alicyclic amines) is 1. The molecule has 0 saturated carbocycles. The monoisotopic (exact) mass is 297 g/mol. The van der Waals surface area contributed by atoms with Crippen molar-refractivity contribution in [3.8, 4) is 0 Å². The third-order valence-corrected chi connectivity index (χ3v) is 4.57. The molecule has 0 N–H and O–H groups in total. The van der Waals surface area contributed by atoms with Crippen LogP contribution in [0.3, 0.4) is 0 Å². The van der Waals surface area contributed by atoms with Gasteiger partial charge in [0.1, 0.15) is 0 Å². The van der Waals surface area contributed by atoms with Crippen LogP contribution < -0.4 is 5.56 Å². The first-order chi connectivity index (χ1) is 10.6. The minimum absolute atomic E-state index is 0.0154. The van der Waals surface area contributed by atoms with E-state index in [9.17, 15) is 4.79 Å². The van der Waals surface area contributed by atoms with E-state index in [1.165, 1.54) is 5.56 Å². The number of aryl methyl sites for hydroxylation is 1. The van der Waals surface area contributed by atoms with E-state index < -0.39 is 0 Å². The van der Waals surface area contributed by atoms with E-state index in [2.05, 4.69) is 29.2 Å². The van der Waals surface area contributed by atoms with Crippen molar-refractivity contribution in [1.82, 2.24) is 14.7 Å². The van der Waals surface area contributed by atoms with Gasteiger partial charge in [-0.3, -0.25) is 4.79 Å². The standard InChI is InChI=1S/C18H23N3O/c1-14-8-9-17(22)21(19-14)18(15-6-4-3-5-7-15)16-10-12-20(2)13-11-16/h3-9,16,18H,10-13H2,1-2H3/t18-/m0/s1. The Kier molecular flexibility index (Phi) is 4.39. The molecule has 116 valence electrons. The summed E-state index contributed by atoms with van der Waals surface area (Å²) in [6.45, 7) is 4.09. The highest BCUT2D eigenvalue weighted by Gasteiger charge is 2.29. The van der Waals surface area contributed by atoms with Gasteiger partial charge in [0.05, 0.1) is 11.7 Å². The van der Waals surface area contributed by atoms with Gasteiger partial charge in [-0.15, -0.1) is 0 Å². The number of nitrogens with zero attached hydrogens (tertiary/aromatic N) is 3. The molecule has 0 unspecified atom stereocenters. The summed E-state index contributed by atoms with van der Waals surface area (Å²) in [5.74, 6) is 0.450. The zero-order valence-electron chi connectivity index (χ0n) is 13.3.